The van der Waals surface area contributed by atoms with Crippen LogP contribution in [0.1, 0.15) is 68.2 Å². The zero-order chi connectivity index (χ0) is 23.9. The van der Waals surface area contributed by atoms with Crippen LogP contribution in [0.2, 0.25) is 0 Å². The predicted octanol–water partition coefficient (Wildman–Crippen LogP) is 9.96. The molecule has 172 valence electrons. The van der Waals surface area contributed by atoms with Crippen molar-refractivity contribution < 1.29 is 0 Å². The predicted molar refractivity (Wildman–Crippen MR) is 149 cm³/mol. The summed E-state index contributed by atoms with van der Waals surface area (Å²) in [5.74, 6) is 1.09. The van der Waals surface area contributed by atoms with Crippen LogP contribution in [0, 0.1) is 0 Å². The Morgan fingerprint density at radius 1 is 0.559 bits per heavy atom. The number of nitrogens with zero attached hydrogens (tertiary/aromatic N) is 1. The van der Waals surface area contributed by atoms with E-state index in [1.807, 2.05) is 6.07 Å². The van der Waals surface area contributed by atoms with E-state index in [1.165, 1.54) is 33.6 Å². The van der Waals surface area contributed by atoms with Crippen molar-refractivity contribution in [3.63, 3.8) is 0 Å². The SMILES string of the molecule is CCC(C)c1ccc(N(c2ccc(C=Cc3ccccc3)cc2)c2ccc(C(C)C)cc2)cc1. The summed E-state index contributed by atoms with van der Waals surface area (Å²) in [6.45, 7) is 9.01. The fraction of sp³-hybridized carbons (Fsp3) is 0.212. The van der Waals surface area contributed by atoms with Crippen LogP contribution >= 0.6 is 0 Å². The van der Waals surface area contributed by atoms with Crippen LogP contribution in [0.4, 0.5) is 17.1 Å². The van der Waals surface area contributed by atoms with Crippen LogP contribution in [0.15, 0.2) is 103 Å². The summed E-state index contributed by atoms with van der Waals surface area (Å²) in [4.78, 5) is 2.34. The molecule has 1 atom stereocenters. The normalized spacial score (nSPS) is 12.3. The molecule has 4 aromatic carbocycles. The van der Waals surface area contributed by atoms with Crippen molar-refractivity contribution >= 4 is 29.2 Å². The van der Waals surface area contributed by atoms with Gasteiger partial charge in [-0.3, -0.25) is 0 Å². The lowest BCUT2D eigenvalue weighted by Gasteiger charge is -2.26. The molecule has 0 spiro atoms. The van der Waals surface area contributed by atoms with Gasteiger partial charge in [-0.15, -0.1) is 0 Å². The summed E-state index contributed by atoms with van der Waals surface area (Å²) < 4.78 is 0. The van der Waals surface area contributed by atoms with Crippen LogP contribution in [0.25, 0.3) is 12.2 Å². The molecule has 34 heavy (non-hydrogen) atoms. The van der Waals surface area contributed by atoms with Gasteiger partial charge in [0.25, 0.3) is 0 Å². The highest BCUT2D eigenvalue weighted by Crippen LogP contribution is 2.36. The Labute approximate surface area is 205 Å². The van der Waals surface area contributed by atoms with Gasteiger partial charge in [0.15, 0.2) is 0 Å². The maximum Gasteiger partial charge on any atom is 0.0462 e. The van der Waals surface area contributed by atoms with E-state index in [1.54, 1.807) is 0 Å². The molecule has 1 nitrogen and oxygen atoms in total. The van der Waals surface area contributed by atoms with Crippen molar-refractivity contribution in [1.82, 2.24) is 0 Å². The lowest BCUT2D eigenvalue weighted by atomic mass is 9.98. The first-order chi connectivity index (χ1) is 16.5. The highest BCUT2D eigenvalue weighted by atomic mass is 15.1. The average Bonchev–Trinajstić information content (AvgIpc) is 2.89. The van der Waals surface area contributed by atoms with Gasteiger partial charge < -0.3 is 4.90 Å². The molecule has 1 heteroatoms. The van der Waals surface area contributed by atoms with Gasteiger partial charge in [-0.05, 0) is 76.9 Å². The topological polar surface area (TPSA) is 3.24 Å². The standard InChI is InChI=1S/C33H35N/c1-5-26(4)30-17-23-33(24-18-30)34(32-21-15-29(16-22-32)25(2)3)31-19-13-28(14-20-31)12-11-27-9-7-6-8-10-27/h6-26H,5H2,1-4H3. The molecular formula is C33H35N. The van der Waals surface area contributed by atoms with Crippen molar-refractivity contribution in [1.29, 1.82) is 0 Å². The minimum atomic E-state index is 0.521. The summed E-state index contributed by atoms with van der Waals surface area (Å²) >= 11 is 0. The molecule has 0 heterocycles. The van der Waals surface area contributed by atoms with Crippen LogP contribution in [-0.4, -0.2) is 0 Å². The van der Waals surface area contributed by atoms with Gasteiger partial charge >= 0.3 is 0 Å². The van der Waals surface area contributed by atoms with E-state index in [9.17, 15) is 0 Å². The number of hydrogen-bond acceptors (Lipinski definition) is 1. The van der Waals surface area contributed by atoms with Gasteiger partial charge in [-0.1, -0.05) is 107 Å². The van der Waals surface area contributed by atoms with Gasteiger partial charge in [-0.2, -0.15) is 0 Å². The van der Waals surface area contributed by atoms with Crippen molar-refractivity contribution in [3.05, 3.63) is 125 Å². The molecule has 0 aromatic heterocycles. The molecule has 0 fully saturated rings. The first-order valence-corrected chi connectivity index (χ1v) is 12.4. The smallest absolute Gasteiger partial charge is 0.0462 e. The molecule has 0 aliphatic carbocycles. The Morgan fingerprint density at radius 2 is 1.00 bits per heavy atom. The lowest BCUT2D eigenvalue weighted by Crippen LogP contribution is -2.10. The fourth-order valence-corrected chi connectivity index (χ4v) is 4.13. The number of rotatable bonds is 8. The number of benzene rings is 4. The third kappa shape index (κ3) is 5.66. The molecule has 0 aliphatic rings. The molecule has 0 saturated heterocycles. The maximum atomic E-state index is 2.34. The van der Waals surface area contributed by atoms with Gasteiger partial charge in [0.05, 0.1) is 0 Å². The summed E-state index contributed by atoms with van der Waals surface area (Å²) in [7, 11) is 0. The molecule has 4 rings (SSSR count). The number of hydrogen-bond donors (Lipinski definition) is 0. The zero-order valence-electron chi connectivity index (χ0n) is 20.8. The van der Waals surface area contributed by atoms with E-state index in [0.29, 0.717) is 11.8 Å². The van der Waals surface area contributed by atoms with Crippen LogP contribution in [0.5, 0.6) is 0 Å². The van der Waals surface area contributed by atoms with Crippen molar-refractivity contribution in [2.24, 2.45) is 0 Å². The van der Waals surface area contributed by atoms with Crippen molar-refractivity contribution in [3.8, 4) is 0 Å². The van der Waals surface area contributed by atoms with Gasteiger partial charge in [-0.25, -0.2) is 0 Å². The molecule has 4 aromatic rings. The molecular weight excluding hydrogens is 410 g/mol. The Hall–Kier alpha value is -3.58. The van der Waals surface area contributed by atoms with Gasteiger partial charge in [0, 0.05) is 17.1 Å². The molecule has 0 saturated carbocycles. The van der Waals surface area contributed by atoms with E-state index in [2.05, 4.69) is 142 Å². The first kappa shape index (κ1) is 23.6. The molecule has 0 N–H and O–H groups in total. The van der Waals surface area contributed by atoms with Crippen LogP contribution in [-0.2, 0) is 0 Å². The van der Waals surface area contributed by atoms with E-state index in [0.717, 1.165) is 12.1 Å². The highest BCUT2D eigenvalue weighted by Gasteiger charge is 2.14. The van der Waals surface area contributed by atoms with Gasteiger partial charge in [0.2, 0.25) is 0 Å². The molecule has 0 amide bonds. The van der Waals surface area contributed by atoms with E-state index >= 15 is 0 Å². The second-order valence-corrected chi connectivity index (χ2v) is 9.32. The largest absolute Gasteiger partial charge is 0.311 e. The zero-order valence-corrected chi connectivity index (χ0v) is 20.8. The Balaban J connectivity index is 1.67. The Morgan fingerprint density at radius 3 is 1.47 bits per heavy atom. The first-order valence-electron chi connectivity index (χ1n) is 12.4. The third-order valence-corrected chi connectivity index (χ3v) is 6.57. The third-order valence-electron chi connectivity index (χ3n) is 6.57. The van der Waals surface area contributed by atoms with Crippen molar-refractivity contribution in [2.75, 3.05) is 4.90 Å². The van der Waals surface area contributed by atoms with E-state index in [-0.39, 0.29) is 0 Å². The second-order valence-electron chi connectivity index (χ2n) is 9.32. The molecule has 0 radical (unpaired) electrons. The summed E-state index contributed by atoms with van der Waals surface area (Å²) in [5.41, 5.74) is 8.66. The quantitative estimate of drug-likeness (QED) is 0.244. The summed E-state index contributed by atoms with van der Waals surface area (Å²) in [6.07, 6.45) is 5.48. The minimum Gasteiger partial charge on any atom is -0.311 e. The van der Waals surface area contributed by atoms with Crippen LogP contribution in [0.3, 0.4) is 0 Å². The highest BCUT2D eigenvalue weighted by molar-refractivity contribution is 5.78. The minimum absolute atomic E-state index is 0.521. The Bertz CT molecular complexity index is 1180. The van der Waals surface area contributed by atoms with E-state index < -0.39 is 0 Å². The van der Waals surface area contributed by atoms with E-state index in [4.69, 9.17) is 0 Å². The average molecular weight is 446 g/mol. The fourth-order valence-electron chi connectivity index (χ4n) is 4.13. The monoisotopic (exact) mass is 445 g/mol. The van der Waals surface area contributed by atoms with Crippen molar-refractivity contribution in [2.45, 2.75) is 46.0 Å². The maximum absolute atomic E-state index is 2.34. The molecule has 0 aliphatic heterocycles. The molecule has 0 bridgehead atoms. The summed E-state index contributed by atoms with van der Waals surface area (Å²) in [5, 5.41) is 0. The molecule has 1 unspecified atom stereocenters. The van der Waals surface area contributed by atoms with Crippen LogP contribution < -0.4 is 4.90 Å². The van der Waals surface area contributed by atoms with Gasteiger partial charge in [0.1, 0.15) is 0 Å². The lowest BCUT2D eigenvalue weighted by molar-refractivity contribution is 0.733. The number of anilines is 3. The second kappa shape index (κ2) is 11.0. The Kier molecular flexibility index (Phi) is 7.65. The summed E-state index contributed by atoms with van der Waals surface area (Å²) in [6, 6.07) is 37.3.